The molecule has 1 N–H and O–H groups in total. The number of hydrogen-bond acceptors (Lipinski definition) is 4. The molecule has 0 radical (unpaired) electrons. The fraction of sp³-hybridized carbons (Fsp3) is 0.0952. The number of para-hydroxylation sites is 1. The fourth-order valence-corrected chi connectivity index (χ4v) is 3.64. The lowest BCUT2D eigenvalue weighted by Gasteiger charge is -2.13. The Morgan fingerprint density at radius 2 is 1.50 bits per heavy atom. The summed E-state index contributed by atoms with van der Waals surface area (Å²) in [6.07, 6.45) is 0. The molecule has 2 heterocycles. The highest BCUT2D eigenvalue weighted by Gasteiger charge is 2.42. The molecule has 9 heteroatoms. The molecule has 2 aromatic carbocycles. The van der Waals surface area contributed by atoms with E-state index < -0.39 is 17.4 Å². The van der Waals surface area contributed by atoms with Crippen molar-refractivity contribution < 1.29 is 9.59 Å². The van der Waals surface area contributed by atoms with Crippen LogP contribution in [0, 0.1) is 6.92 Å². The van der Waals surface area contributed by atoms with E-state index in [1.54, 1.807) is 67.2 Å². The largest absolute Gasteiger partial charge is 0.350 e. The topological polar surface area (TPSA) is 76.3 Å². The second-order valence-corrected chi connectivity index (χ2v) is 7.49. The summed E-state index contributed by atoms with van der Waals surface area (Å²) in [6.45, 7) is 1.66. The number of anilines is 2. The first kappa shape index (κ1) is 20.0. The highest BCUT2D eigenvalue weighted by Crippen LogP contribution is 2.31. The van der Waals surface area contributed by atoms with Crippen molar-refractivity contribution in [1.29, 1.82) is 0 Å². The third kappa shape index (κ3) is 3.12. The zero-order valence-electron chi connectivity index (χ0n) is 16.0. The maximum Gasteiger partial charge on any atom is 0.296 e. The van der Waals surface area contributed by atoms with Crippen LogP contribution in [-0.4, -0.2) is 21.2 Å². The van der Waals surface area contributed by atoms with Gasteiger partial charge in [0.2, 0.25) is 0 Å². The van der Waals surface area contributed by atoms with Gasteiger partial charge in [0.1, 0.15) is 16.4 Å². The van der Waals surface area contributed by atoms with Crippen molar-refractivity contribution in [3.05, 3.63) is 86.4 Å². The number of imide groups is 1. The summed E-state index contributed by atoms with van der Waals surface area (Å²) >= 11 is 12.1. The molecule has 1 aliphatic heterocycles. The molecule has 2 amide bonds. The monoisotopic (exact) mass is 442 g/mol. The quantitative estimate of drug-likeness (QED) is 0.626. The van der Waals surface area contributed by atoms with Crippen LogP contribution in [0.25, 0.3) is 5.69 Å². The highest BCUT2D eigenvalue weighted by atomic mass is 35.5. The van der Waals surface area contributed by atoms with Crippen LogP contribution in [0.3, 0.4) is 0 Å². The van der Waals surface area contributed by atoms with E-state index in [2.05, 4.69) is 5.32 Å². The number of carbonyl (C=O) groups excluding carboxylic acids is 2. The van der Waals surface area contributed by atoms with Crippen LogP contribution >= 0.6 is 23.2 Å². The number of nitrogens with one attached hydrogen (secondary N) is 1. The van der Waals surface area contributed by atoms with Crippen molar-refractivity contribution in [3.63, 3.8) is 0 Å². The van der Waals surface area contributed by atoms with Gasteiger partial charge in [-0.3, -0.25) is 19.1 Å². The molecule has 0 spiro atoms. The Morgan fingerprint density at radius 1 is 0.867 bits per heavy atom. The van der Waals surface area contributed by atoms with Gasteiger partial charge in [-0.15, -0.1) is 0 Å². The molecule has 0 fully saturated rings. The fourth-order valence-electron chi connectivity index (χ4n) is 3.30. The van der Waals surface area contributed by atoms with Gasteiger partial charge >= 0.3 is 0 Å². The number of amides is 2. The van der Waals surface area contributed by atoms with E-state index in [4.69, 9.17) is 23.2 Å². The summed E-state index contributed by atoms with van der Waals surface area (Å²) in [5.41, 5.74) is 0.947. The van der Waals surface area contributed by atoms with Gasteiger partial charge in [-0.05, 0) is 43.3 Å². The van der Waals surface area contributed by atoms with Crippen LogP contribution < -0.4 is 15.8 Å². The molecule has 0 unspecified atom stereocenters. The molecule has 3 aromatic rings. The zero-order chi connectivity index (χ0) is 21.6. The Hall–Kier alpha value is -3.29. The number of halogens is 2. The molecular weight excluding hydrogens is 427 g/mol. The number of carbonyl (C=O) groups is 2. The van der Waals surface area contributed by atoms with Gasteiger partial charge in [0, 0.05) is 17.8 Å². The van der Waals surface area contributed by atoms with Gasteiger partial charge in [0.05, 0.1) is 11.4 Å². The number of rotatable bonds is 4. The molecule has 30 heavy (non-hydrogen) atoms. The maximum atomic E-state index is 13.2. The second-order valence-electron chi connectivity index (χ2n) is 6.68. The molecule has 1 aliphatic rings. The van der Waals surface area contributed by atoms with Gasteiger partial charge in [-0.25, -0.2) is 9.58 Å². The number of nitrogens with zero attached hydrogens (tertiary/aromatic N) is 3. The first-order valence-corrected chi connectivity index (χ1v) is 9.72. The number of aromatic nitrogens is 2. The van der Waals surface area contributed by atoms with Crippen LogP contribution in [0.15, 0.2) is 70.1 Å². The van der Waals surface area contributed by atoms with Crippen molar-refractivity contribution in [1.82, 2.24) is 9.36 Å². The lowest BCUT2D eigenvalue weighted by molar-refractivity contribution is -0.120. The minimum atomic E-state index is -0.760. The summed E-state index contributed by atoms with van der Waals surface area (Å²) in [7, 11) is 1.68. The van der Waals surface area contributed by atoms with Gasteiger partial charge in [-0.2, -0.15) is 0 Å². The summed E-state index contributed by atoms with van der Waals surface area (Å²) in [5, 5.41) is 3.09. The summed E-state index contributed by atoms with van der Waals surface area (Å²) < 4.78 is 2.98. The Bertz CT molecular complexity index is 1260. The van der Waals surface area contributed by atoms with Crippen LogP contribution in [0.5, 0.6) is 0 Å². The molecule has 0 saturated heterocycles. The molecule has 0 aliphatic carbocycles. The second kappa shape index (κ2) is 7.51. The first-order valence-electron chi connectivity index (χ1n) is 8.96. The summed E-state index contributed by atoms with van der Waals surface area (Å²) in [6, 6.07) is 15.5. The Kier molecular flexibility index (Phi) is 5.01. The maximum absolute atomic E-state index is 13.2. The van der Waals surface area contributed by atoms with Gasteiger partial charge in [-0.1, -0.05) is 41.4 Å². The van der Waals surface area contributed by atoms with Crippen molar-refractivity contribution in [2.24, 2.45) is 7.05 Å². The Morgan fingerprint density at radius 3 is 2.13 bits per heavy atom. The molecule has 0 saturated carbocycles. The van der Waals surface area contributed by atoms with E-state index in [0.717, 1.165) is 4.90 Å². The predicted molar refractivity (Wildman–Crippen MR) is 116 cm³/mol. The Labute approximate surface area is 181 Å². The highest BCUT2D eigenvalue weighted by molar-refractivity contribution is 6.53. The van der Waals surface area contributed by atoms with Gasteiger partial charge in [0.15, 0.2) is 0 Å². The van der Waals surface area contributed by atoms with E-state index in [1.165, 1.54) is 4.68 Å². The Balaban J connectivity index is 1.76. The molecular formula is C21H16Cl2N4O3. The molecule has 0 bridgehead atoms. The SMILES string of the molecule is Cc1c(N2C(=O)C(Cl)=C(Nc3ccc(Cl)cc3)C2=O)c(=O)n(-c2ccccc2)n1C. The molecule has 4 rings (SSSR count). The standard InChI is InChI=1S/C21H16Cl2N4O3/c1-12-18(21(30)27(25(12)2)15-6-4-3-5-7-15)26-19(28)16(23)17(20(26)29)24-14-10-8-13(22)9-11-14/h3-11,24H,1-2H3. The number of hydrogen-bond donors (Lipinski definition) is 1. The van der Waals surface area contributed by atoms with E-state index in [9.17, 15) is 14.4 Å². The third-order valence-electron chi connectivity index (χ3n) is 4.89. The smallest absolute Gasteiger partial charge is 0.296 e. The van der Waals surface area contributed by atoms with Crippen molar-refractivity contribution >= 4 is 46.4 Å². The molecule has 0 atom stereocenters. The lowest BCUT2D eigenvalue weighted by atomic mass is 10.3. The molecule has 7 nitrogen and oxygen atoms in total. The van der Waals surface area contributed by atoms with Crippen molar-refractivity contribution in [2.75, 3.05) is 10.2 Å². The summed E-state index contributed by atoms with van der Waals surface area (Å²) in [5.74, 6) is -1.46. The van der Waals surface area contributed by atoms with Crippen LogP contribution in [0.1, 0.15) is 5.69 Å². The van der Waals surface area contributed by atoms with E-state index >= 15 is 0 Å². The minimum Gasteiger partial charge on any atom is -0.350 e. The van der Waals surface area contributed by atoms with Crippen LogP contribution in [-0.2, 0) is 16.6 Å². The normalized spacial score (nSPS) is 14.1. The van der Waals surface area contributed by atoms with Gasteiger partial charge in [0.25, 0.3) is 17.4 Å². The summed E-state index contributed by atoms with van der Waals surface area (Å²) in [4.78, 5) is 39.9. The molecule has 152 valence electrons. The first-order chi connectivity index (χ1) is 14.3. The van der Waals surface area contributed by atoms with E-state index in [1.807, 2.05) is 6.07 Å². The minimum absolute atomic E-state index is 0.0394. The third-order valence-corrected chi connectivity index (χ3v) is 5.49. The number of benzene rings is 2. The molecule has 1 aromatic heterocycles. The van der Waals surface area contributed by atoms with Crippen molar-refractivity contribution in [3.8, 4) is 5.69 Å². The van der Waals surface area contributed by atoms with Crippen LogP contribution in [0.2, 0.25) is 5.02 Å². The average molecular weight is 443 g/mol. The average Bonchev–Trinajstić information content (AvgIpc) is 3.08. The lowest BCUT2D eigenvalue weighted by Crippen LogP contribution is -2.36. The van der Waals surface area contributed by atoms with Gasteiger partial charge < -0.3 is 5.32 Å². The predicted octanol–water partition coefficient (Wildman–Crippen LogP) is 3.57. The van der Waals surface area contributed by atoms with Crippen molar-refractivity contribution in [2.45, 2.75) is 6.92 Å². The van der Waals surface area contributed by atoms with E-state index in [0.29, 0.717) is 22.1 Å². The zero-order valence-corrected chi connectivity index (χ0v) is 17.5. The van der Waals surface area contributed by atoms with Crippen LogP contribution in [0.4, 0.5) is 11.4 Å². The van der Waals surface area contributed by atoms with E-state index in [-0.39, 0.29) is 16.4 Å².